The van der Waals surface area contributed by atoms with E-state index in [4.69, 9.17) is 15.9 Å². The van der Waals surface area contributed by atoms with Crippen molar-refractivity contribution in [1.29, 1.82) is 0 Å². The molecule has 13 heavy (non-hydrogen) atoms. The highest BCUT2D eigenvalue weighted by atomic mass is 16.3. The number of aliphatic hydroxyl groups excluding tert-OH is 2. The lowest BCUT2D eigenvalue weighted by molar-refractivity contribution is -0.118. The smallest absolute Gasteiger partial charge is 0.217 e. The maximum absolute atomic E-state index is 10.3. The second kappa shape index (κ2) is 7.97. The molecule has 0 saturated heterocycles. The molecule has 0 fully saturated rings. The first-order valence-corrected chi connectivity index (χ1v) is 4.44. The van der Waals surface area contributed by atoms with Crippen LogP contribution in [0.1, 0.15) is 19.3 Å². The zero-order valence-corrected chi connectivity index (χ0v) is 7.70. The van der Waals surface area contributed by atoms with Gasteiger partial charge in [-0.05, 0) is 19.4 Å². The van der Waals surface area contributed by atoms with Crippen molar-refractivity contribution in [3.05, 3.63) is 0 Å². The van der Waals surface area contributed by atoms with E-state index in [0.29, 0.717) is 13.0 Å². The topological polar surface area (TPSA) is 95.6 Å². The number of hydrogen-bond acceptors (Lipinski definition) is 4. The van der Waals surface area contributed by atoms with Crippen LogP contribution in [0.4, 0.5) is 0 Å². The second-order valence-corrected chi connectivity index (χ2v) is 2.96. The van der Waals surface area contributed by atoms with E-state index in [2.05, 4.69) is 5.32 Å². The SMILES string of the molecule is NC(=O)CCCCNCC(O)CO. The molecule has 5 heteroatoms. The van der Waals surface area contributed by atoms with Gasteiger partial charge in [-0.2, -0.15) is 0 Å². The van der Waals surface area contributed by atoms with Crippen molar-refractivity contribution in [1.82, 2.24) is 5.32 Å². The highest BCUT2D eigenvalue weighted by molar-refractivity contribution is 5.73. The molecule has 0 saturated carbocycles. The first-order valence-electron chi connectivity index (χ1n) is 4.44. The van der Waals surface area contributed by atoms with Crippen LogP contribution in [0, 0.1) is 0 Å². The maximum Gasteiger partial charge on any atom is 0.217 e. The Labute approximate surface area is 77.9 Å². The summed E-state index contributed by atoms with van der Waals surface area (Å²) < 4.78 is 0. The van der Waals surface area contributed by atoms with E-state index >= 15 is 0 Å². The van der Waals surface area contributed by atoms with Crippen molar-refractivity contribution in [3.8, 4) is 0 Å². The summed E-state index contributed by atoms with van der Waals surface area (Å²) in [6.45, 7) is 0.881. The molecule has 0 rings (SSSR count). The molecule has 0 heterocycles. The molecule has 0 aromatic carbocycles. The van der Waals surface area contributed by atoms with Gasteiger partial charge < -0.3 is 21.3 Å². The predicted octanol–water partition coefficient (Wildman–Crippen LogP) is -1.42. The van der Waals surface area contributed by atoms with Gasteiger partial charge in [-0.25, -0.2) is 0 Å². The molecule has 5 nitrogen and oxygen atoms in total. The Bertz CT molecular complexity index is 141. The van der Waals surface area contributed by atoms with E-state index in [1.54, 1.807) is 0 Å². The van der Waals surface area contributed by atoms with Gasteiger partial charge in [-0.1, -0.05) is 0 Å². The number of aliphatic hydroxyl groups is 2. The van der Waals surface area contributed by atoms with Crippen LogP contribution in [0.15, 0.2) is 0 Å². The first kappa shape index (κ1) is 12.3. The van der Waals surface area contributed by atoms with Crippen LogP contribution in [0.25, 0.3) is 0 Å². The van der Waals surface area contributed by atoms with Crippen LogP contribution in [0.2, 0.25) is 0 Å². The van der Waals surface area contributed by atoms with Crippen LogP contribution >= 0.6 is 0 Å². The van der Waals surface area contributed by atoms with Gasteiger partial charge in [0, 0.05) is 13.0 Å². The van der Waals surface area contributed by atoms with E-state index in [1.165, 1.54) is 0 Å². The molecule has 0 aromatic heterocycles. The summed E-state index contributed by atoms with van der Waals surface area (Å²) in [5.41, 5.74) is 4.94. The number of primary amides is 1. The largest absolute Gasteiger partial charge is 0.394 e. The van der Waals surface area contributed by atoms with Gasteiger partial charge in [-0.3, -0.25) is 4.79 Å². The minimum absolute atomic E-state index is 0.228. The minimum atomic E-state index is -0.698. The van der Waals surface area contributed by atoms with Gasteiger partial charge in [0.2, 0.25) is 5.91 Å². The summed E-state index contributed by atoms with van der Waals surface area (Å²) in [7, 11) is 0. The van der Waals surface area contributed by atoms with Crippen molar-refractivity contribution in [2.24, 2.45) is 5.73 Å². The van der Waals surface area contributed by atoms with E-state index in [0.717, 1.165) is 19.4 Å². The average molecular weight is 190 g/mol. The van der Waals surface area contributed by atoms with Crippen molar-refractivity contribution in [3.63, 3.8) is 0 Å². The summed E-state index contributed by atoms with van der Waals surface area (Å²) >= 11 is 0. The summed E-state index contributed by atoms with van der Waals surface area (Å²) in [4.78, 5) is 10.3. The fourth-order valence-electron chi connectivity index (χ4n) is 0.882. The molecule has 0 aromatic rings. The van der Waals surface area contributed by atoms with Crippen molar-refractivity contribution in [2.45, 2.75) is 25.4 Å². The van der Waals surface area contributed by atoms with Crippen LogP contribution < -0.4 is 11.1 Å². The van der Waals surface area contributed by atoms with Crippen molar-refractivity contribution in [2.75, 3.05) is 19.7 Å². The molecule has 0 aliphatic rings. The molecule has 5 N–H and O–H groups in total. The molecule has 0 spiro atoms. The third kappa shape index (κ3) is 9.26. The number of unbranched alkanes of at least 4 members (excludes halogenated alkanes) is 1. The third-order valence-electron chi connectivity index (χ3n) is 1.62. The number of hydrogen-bond donors (Lipinski definition) is 4. The van der Waals surface area contributed by atoms with E-state index in [9.17, 15) is 4.79 Å². The number of nitrogens with two attached hydrogens (primary N) is 1. The number of carbonyl (C=O) groups is 1. The quantitative estimate of drug-likeness (QED) is 0.353. The molecular weight excluding hydrogens is 172 g/mol. The standard InChI is InChI=1S/C8H18N2O3/c9-8(13)3-1-2-4-10-5-7(12)6-11/h7,10-12H,1-6H2,(H2,9,13). The predicted molar refractivity (Wildman–Crippen MR) is 49.0 cm³/mol. The molecule has 1 atom stereocenters. The molecule has 0 aliphatic heterocycles. The van der Waals surface area contributed by atoms with E-state index < -0.39 is 6.10 Å². The summed E-state index contributed by atoms with van der Waals surface area (Å²) in [6, 6.07) is 0. The van der Waals surface area contributed by atoms with Gasteiger partial charge in [0.25, 0.3) is 0 Å². The third-order valence-corrected chi connectivity index (χ3v) is 1.62. The van der Waals surface area contributed by atoms with E-state index in [-0.39, 0.29) is 12.5 Å². The van der Waals surface area contributed by atoms with Crippen LogP contribution in [0.5, 0.6) is 0 Å². The Morgan fingerprint density at radius 3 is 2.69 bits per heavy atom. The molecule has 0 radical (unpaired) electrons. The first-order chi connectivity index (χ1) is 6.16. The Kier molecular flexibility index (Phi) is 7.57. The average Bonchev–Trinajstić information content (AvgIpc) is 2.10. The molecular formula is C8H18N2O3. The number of nitrogens with one attached hydrogen (secondary N) is 1. The Hall–Kier alpha value is -0.650. The monoisotopic (exact) mass is 190 g/mol. The lowest BCUT2D eigenvalue weighted by atomic mass is 10.2. The second-order valence-electron chi connectivity index (χ2n) is 2.96. The van der Waals surface area contributed by atoms with Gasteiger partial charge >= 0.3 is 0 Å². The minimum Gasteiger partial charge on any atom is -0.394 e. The zero-order valence-electron chi connectivity index (χ0n) is 7.70. The highest BCUT2D eigenvalue weighted by Crippen LogP contribution is 1.92. The van der Waals surface area contributed by atoms with Crippen LogP contribution in [-0.2, 0) is 4.79 Å². The lowest BCUT2D eigenvalue weighted by Crippen LogP contribution is -2.30. The number of amides is 1. The fourth-order valence-corrected chi connectivity index (χ4v) is 0.882. The number of carbonyl (C=O) groups excluding carboxylic acids is 1. The zero-order chi connectivity index (χ0) is 10.1. The van der Waals surface area contributed by atoms with Crippen LogP contribution in [-0.4, -0.2) is 41.9 Å². The Morgan fingerprint density at radius 2 is 2.15 bits per heavy atom. The van der Waals surface area contributed by atoms with Crippen molar-refractivity contribution >= 4 is 5.91 Å². The Balaban J connectivity index is 3.04. The summed E-state index contributed by atoms with van der Waals surface area (Å²) in [5, 5.41) is 20.3. The normalized spacial score (nSPS) is 12.8. The molecule has 0 bridgehead atoms. The highest BCUT2D eigenvalue weighted by Gasteiger charge is 1.99. The van der Waals surface area contributed by atoms with E-state index in [1.807, 2.05) is 0 Å². The van der Waals surface area contributed by atoms with Gasteiger partial charge in [0.05, 0.1) is 12.7 Å². The van der Waals surface area contributed by atoms with Crippen LogP contribution in [0.3, 0.4) is 0 Å². The maximum atomic E-state index is 10.3. The summed E-state index contributed by atoms with van der Waals surface area (Å²) in [6.07, 6.45) is 1.32. The van der Waals surface area contributed by atoms with Gasteiger partial charge in [-0.15, -0.1) is 0 Å². The Morgan fingerprint density at radius 1 is 1.46 bits per heavy atom. The fraction of sp³-hybridized carbons (Fsp3) is 0.875. The molecule has 0 aliphatic carbocycles. The molecule has 1 unspecified atom stereocenters. The number of rotatable bonds is 8. The molecule has 78 valence electrons. The van der Waals surface area contributed by atoms with Crippen molar-refractivity contribution < 1.29 is 15.0 Å². The lowest BCUT2D eigenvalue weighted by Gasteiger charge is -2.07. The summed E-state index contributed by atoms with van der Waals surface area (Å²) in [5.74, 6) is -0.282. The molecule has 1 amide bonds. The van der Waals surface area contributed by atoms with Gasteiger partial charge in [0.1, 0.15) is 0 Å². The van der Waals surface area contributed by atoms with Gasteiger partial charge in [0.15, 0.2) is 0 Å².